The number of benzene rings is 2. The lowest BCUT2D eigenvalue weighted by molar-refractivity contribution is 0.0556. The first-order valence-corrected chi connectivity index (χ1v) is 8.91. The Balaban J connectivity index is 2.31. The number of fused-ring (bicyclic) bond motifs is 1. The molecule has 0 amide bonds. The highest BCUT2D eigenvalue weighted by atomic mass is 35.7. The second-order valence-corrected chi connectivity index (χ2v) is 7.35. The van der Waals surface area contributed by atoms with Crippen LogP contribution in [0.15, 0.2) is 41.3 Å². The molecule has 6 heteroatoms. The molecule has 0 atom stereocenters. The first kappa shape index (κ1) is 16.1. The third kappa shape index (κ3) is 4.09. The van der Waals surface area contributed by atoms with Gasteiger partial charge in [-0.05, 0) is 26.0 Å². The molecule has 0 saturated carbocycles. The summed E-state index contributed by atoms with van der Waals surface area (Å²) >= 11 is 0. The largest absolute Gasteiger partial charge is 0.491 e. The Kier molecular flexibility index (Phi) is 5.08. The number of ether oxygens (including phenoxy) is 2. The fraction of sp³-hybridized carbons (Fsp3) is 0.333. The zero-order chi connectivity index (χ0) is 15.5. The molecule has 21 heavy (non-hydrogen) atoms. The zero-order valence-corrected chi connectivity index (χ0v) is 13.4. The molecule has 0 aliphatic rings. The van der Waals surface area contributed by atoms with Gasteiger partial charge in [0.1, 0.15) is 12.4 Å². The van der Waals surface area contributed by atoms with Crippen molar-refractivity contribution in [3.05, 3.63) is 36.4 Å². The van der Waals surface area contributed by atoms with Crippen LogP contribution >= 0.6 is 10.7 Å². The molecule has 0 fully saturated rings. The van der Waals surface area contributed by atoms with E-state index in [9.17, 15) is 8.42 Å². The molecule has 0 aliphatic carbocycles. The number of hydrogen-bond acceptors (Lipinski definition) is 4. The standard InChI is InChI=1S/C15H17ClO4S/c1-11(2)19-9-10-20-14-7-8-15(21(16,17)18)13-6-4-3-5-12(13)14/h3-8,11H,9-10H2,1-2H3. The molecule has 0 spiro atoms. The van der Waals surface area contributed by atoms with Crippen LogP contribution in [0.25, 0.3) is 10.8 Å². The second-order valence-electron chi connectivity index (χ2n) is 4.81. The fourth-order valence-corrected chi connectivity index (χ4v) is 3.09. The van der Waals surface area contributed by atoms with Crippen molar-refractivity contribution in [2.75, 3.05) is 13.2 Å². The van der Waals surface area contributed by atoms with Gasteiger partial charge in [-0.2, -0.15) is 0 Å². The number of rotatable bonds is 6. The highest BCUT2D eigenvalue weighted by Gasteiger charge is 2.16. The van der Waals surface area contributed by atoms with Crippen molar-refractivity contribution < 1.29 is 17.9 Å². The Morgan fingerprint density at radius 1 is 1.05 bits per heavy atom. The lowest BCUT2D eigenvalue weighted by Crippen LogP contribution is -2.11. The maximum absolute atomic E-state index is 11.6. The van der Waals surface area contributed by atoms with Gasteiger partial charge in [-0.25, -0.2) is 8.42 Å². The van der Waals surface area contributed by atoms with Crippen LogP contribution in [0, 0.1) is 0 Å². The zero-order valence-electron chi connectivity index (χ0n) is 11.9. The van der Waals surface area contributed by atoms with Gasteiger partial charge in [-0.15, -0.1) is 0 Å². The van der Waals surface area contributed by atoms with Gasteiger partial charge >= 0.3 is 0 Å². The molecule has 0 saturated heterocycles. The molecule has 2 aromatic carbocycles. The van der Waals surface area contributed by atoms with Crippen molar-refractivity contribution >= 4 is 30.5 Å². The first-order chi connectivity index (χ1) is 9.89. The van der Waals surface area contributed by atoms with E-state index in [1.54, 1.807) is 24.3 Å². The van der Waals surface area contributed by atoms with Gasteiger partial charge in [-0.1, -0.05) is 24.3 Å². The Morgan fingerprint density at radius 2 is 1.71 bits per heavy atom. The molecular formula is C15H17ClO4S. The third-order valence-corrected chi connectivity index (χ3v) is 4.28. The summed E-state index contributed by atoms with van der Waals surface area (Å²) in [6.07, 6.45) is 0.147. The average Bonchev–Trinajstić information content (AvgIpc) is 2.42. The molecule has 114 valence electrons. The number of halogens is 1. The highest BCUT2D eigenvalue weighted by molar-refractivity contribution is 8.14. The lowest BCUT2D eigenvalue weighted by Gasteiger charge is -2.12. The summed E-state index contributed by atoms with van der Waals surface area (Å²) in [5.74, 6) is 0.613. The van der Waals surface area contributed by atoms with Crippen molar-refractivity contribution in [3.8, 4) is 5.75 Å². The van der Waals surface area contributed by atoms with Gasteiger partial charge in [0.05, 0.1) is 17.6 Å². The monoisotopic (exact) mass is 328 g/mol. The van der Waals surface area contributed by atoms with Crippen LogP contribution < -0.4 is 4.74 Å². The van der Waals surface area contributed by atoms with E-state index in [0.717, 1.165) is 0 Å². The topological polar surface area (TPSA) is 52.6 Å². The van der Waals surface area contributed by atoms with Crippen LogP contribution in [0.3, 0.4) is 0 Å². The van der Waals surface area contributed by atoms with E-state index in [1.165, 1.54) is 6.07 Å². The number of hydrogen-bond donors (Lipinski definition) is 0. The van der Waals surface area contributed by atoms with Gasteiger partial charge in [0.2, 0.25) is 0 Å². The van der Waals surface area contributed by atoms with Crippen LogP contribution in [-0.4, -0.2) is 27.7 Å². The van der Waals surface area contributed by atoms with Crippen molar-refractivity contribution in [2.24, 2.45) is 0 Å². The summed E-state index contributed by atoms with van der Waals surface area (Å²) in [6, 6.07) is 10.2. The highest BCUT2D eigenvalue weighted by Crippen LogP contribution is 2.32. The van der Waals surface area contributed by atoms with Gasteiger partial charge in [0, 0.05) is 21.5 Å². The van der Waals surface area contributed by atoms with Crippen molar-refractivity contribution in [3.63, 3.8) is 0 Å². The minimum Gasteiger partial charge on any atom is -0.491 e. The van der Waals surface area contributed by atoms with Crippen molar-refractivity contribution in [1.29, 1.82) is 0 Å². The van der Waals surface area contributed by atoms with Crippen molar-refractivity contribution in [2.45, 2.75) is 24.8 Å². The summed E-state index contributed by atoms with van der Waals surface area (Å²) < 4.78 is 34.3. The molecule has 0 heterocycles. The van der Waals surface area contributed by atoms with E-state index in [1.807, 2.05) is 19.9 Å². The van der Waals surface area contributed by atoms with E-state index < -0.39 is 9.05 Å². The summed E-state index contributed by atoms with van der Waals surface area (Å²) in [5, 5.41) is 1.26. The van der Waals surface area contributed by atoms with Crippen LogP contribution in [0.5, 0.6) is 5.75 Å². The Bertz CT molecular complexity index is 726. The Morgan fingerprint density at radius 3 is 2.33 bits per heavy atom. The van der Waals surface area contributed by atoms with Gasteiger partial charge < -0.3 is 9.47 Å². The minimum atomic E-state index is -3.79. The molecule has 0 unspecified atom stereocenters. The summed E-state index contributed by atoms with van der Waals surface area (Å²) in [6.45, 7) is 4.78. The summed E-state index contributed by atoms with van der Waals surface area (Å²) in [7, 11) is 1.67. The molecule has 2 aromatic rings. The molecule has 0 N–H and O–H groups in total. The summed E-state index contributed by atoms with van der Waals surface area (Å²) in [5.41, 5.74) is 0. The lowest BCUT2D eigenvalue weighted by atomic mass is 10.1. The van der Waals surface area contributed by atoms with Crippen LogP contribution in [0.1, 0.15) is 13.8 Å². The van der Waals surface area contributed by atoms with Crippen LogP contribution in [-0.2, 0) is 13.8 Å². The normalized spacial score (nSPS) is 12.0. The molecule has 4 nitrogen and oxygen atoms in total. The Hall–Kier alpha value is -1.30. The van der Waals surface area contributed by atoms with Crippen molar-refractivity contribution in [1.82, 2.24) is 0 Å². The molecule has 0 bridgehead atoms. The molecular weight excluding hydrogens is 312 g/mol. The molecule has 0 radical (unpaired) electrons. The van der Waals surface area contributed by atoms with E-state index in [2.05, 4.69) is 0 Å². The molecule has 2 rings (SSSR count). The second kappa shape index (κ2) is 6.64. The average molecular weight is 329 g/mol. The molecule has 0 aliphatic heterocycles. The maximum Gasteiger partial charge on any atom is 0.261 e. The van der Waals surface area contributed by atoms with Crippen LogP contribution in [0.2, 0.25) is 0 Å². The van der Waals surface area contributed by atoms with Gasteiger partial charge in [0.15, 0.2) is 0 Å². The van der Waals surface area contributed by atoms with E-state index in [4.69, 9.17) is 20.2 Å². The SMILES string of the molecule is CC(C)OCCOc1ccc(S(=O)(=O)Cl)c2ccccc12. The first-order valence-electron chi connectivity index (χ1n) is 6.60. The van der Waals surface area contributed by atoms with E-state index in [-0.39, 0.29) is 11.0 Å². The maximum atomic E-state index is 11.6. The quantitative estimate of drug-likeness (QED) is 0.601. The van der Waals surface area contributed by atoms with Gasteiger partial charge in [0.25, 0.3) is 9.05 Å². The summed E-state index contributed by atoms with van der Waals surface area (Å²) in [4.78, 5) is 0.0885. The van der Waals surface area contributed by atoms with E-state index >= 15 is 0 Å². The van der Waals surface area contributed by atoms with Crippen LogP contribution in [0.4, 0.5) is 0 Å². The molecule has 0 aromatic heterocycles. The predicted octanol–water partition coefficient (Wildman–Crippen LogP) is 3.57. The van der Waals surface area contributed by atoms with Gasteiger partial charge in [-0.3, -0.25) is 0 Å². The Labute approximate surface area is 129 Å². The third-order valence-electron chi connectivity index (χ3n) is 2.90. The smallest absolute Gasteiger partial charge is 0.261 e. The van der Waals surface area contributed by atoms with E-state index in [0.29, 0.717) is 29.7 Å². The minimum absolute atomic E-state index is 0.0885. The fourth-order valence-electron chi connectivity index (χ4n) is 2.02. The predicted molar refractivity (Wildman–Crippen MR) is 83.6 cm³/mol.